The van der Waals surface area contributed by atoms with Gasteiger partial charge in [-0.3, -0.25) is 4.79 Å². The van der Waals surface area contributed by atoms with E-state index in [1.54, 1.807) is 0 Å². The zero-order valence-corrected chi connectivity index (χ0v) is 6.38. The number of rotatable bonds is 3. The Morgan fingerprint density at radius 1 is 1.64 bits per heavy atom. The van der Waals surface area contributed by atoms with Gasteiger partial charge in [0, 0.05) is 6.42 Å². The monoisotopic (exact) mass is 189 g/mol. The van der Waals surface area contributed by atoms with Crippen molar-refractivity contribution in [3.63, 3.8) is 0 Å². The highest BCUT2D eigenvalue weighted by Crippen LogP contribution is 2.26. The molecule has 0 unspecified atom stereocenters. The standard InChI is InChI=1S/C4H6F3NO2S/c1-2-3(9)10-8-11-4(5,6)7/h8H,2H2,1H3. The molecule has 0 spiro atoms. The highest BCUT2D eigenvalue weighted by atomic mass is 32.2. The molecule has 0 heterocycles. The lowest BCUT2D eigenvalue weighted by Crippen LogP contribution is -2.17. The van der Waals surface area contributed by atoms with Crippen LogP contribution in [0.1, 0.15) is 13.3 Å². The third-order valence-corrected chi connectivity index (χ3v) is 1.000. The van der Waals surface area contributed by atoms with Crippen molar-refractivity contribution >= 4 is 17.9 Å². The molecule has 66 valence electrons. The second-order valence-electron chi connectivity index (χ2n) is 1.46. The lowest BCUT2D eigenvalue weighted by atomic mass is 10.5. The summed E-state index contributed by atoms with van der Waals surface area (Å²) < 4.78 is 34.0. The van der Waals surface area contributed by atoms with E-state index in [9.17, 15) is 18.0 Å². The maximum Gasteiger partial charge on any atom is 0.459 e. The summed E-state index contributed by atoms with van der Waals surface area (Å²) in [5.41, 5.74) is -4.44. The fourth-order valence-electron chi connectivity index (χ4n) is 0.187. The Morgan fingerprint density at radius 3 is 2.55 bits per heavy atom. The average Bonchev–Trinajstić information content (AvgIpc) is 1.85. The molecule has 0 saturated heterocycles. The van der Waals surface area contributed by atoms with Crippen LogP contribution < -0.4 is 4.89 Å². The van der Waals surface area contributed by atoms with Crippen molar-refractivity contribution < 1.29 is 22.8 Å². The smallest absolute Gasteiger partial charge is 0.360 e. The molecule has 0 aliphatic rings. The SMILES string of the molecule is CCC(=O)ONSC(F)(F)F. The van der Waals surface area contributed by atoms with Crippen LogP contribution in [0.5, 0.6) is 0 Å². The highest BCUT2D eigenvalue weighted by molar-refractivity contribution is 7.98. The maximum atomic E-state index is 11.3. The lowest BCUT2D eigenvalue weighted by Gasteiger charge is -2.05. The van der Waals surface area contributed by atoms with Crippen LogP contribution in [-0.2, 0) is 9.63 Å². The molecule has 0 saturated carbocycles. The van der Waals surface area contributed by atoms with E-state index in [0.29, 0.717) is 0 Å². The van der Waals surface area contributed by atoms with E-state index < -0.39 is 23.4 Å². The molecule has 0 aromatic heterocycles. The van der Waals surface area contributed by atoms with Gasteiger partial charge in [0.05, 0.1) is 11.9 Å². The molecule has 0 fully saturated rings. The molecule has 7 heteroatoms. The molecule has 0 atom stereocenters. The summed E-state index contributed by atoms with van der Waals surface area (Å²) in [6.45, 7) is 1.47. The Labute approximate surface area is 65.4 Å². The average molecular weight is 189 g/mol. The van der Waals surface area contributed by atoms with Gasteiger partial charge in [-0.25, -0.2) is 0 Å². The van der Waals surface area contributed by atoms with Crippen molar-refractivity contribution in [2.75, 3.05) is 0 Å². The lowest BCUT2D eigenvalue weighted by molar-refractivity contribution is -0.146. The summed E-state index contributed by atoms with van der Waals surface area (Å²) in [6, 6.07) is 0. The number of hydrogen-bond donors (Lipinski definition) is 1. The Morgan fingerprint density at radius 2 is 2.18 bits per heavy atom. The van der Waals surface area contributed by atoms with Gasteiger partial charge in [-0.1, -0.05) is 11.8 Å². The largest absolute Gasteiger partial charge is 0.459 e. The first kappa shape index (κ1) is 10.6. The molecule has 11 heavy (non-hydrogen) atoms. The van der Waals surface area contributed by atoms with Crippen molar-refractivity contribution in [2.45, 2.75) is 18.9 Å². The molecule has 0 bridgehead atoms. The minimum atomic E-state index is -4.44. The van der Waals surface area contributed by atoms with Gasteiger partial charge in [-0.15, -0.1) is 0 Å². The van der Waals surface area contributed by atoms with Gasteiger partial charge >= 0.3 is 11.5 Å². The predicted molar refractivity (Wildman–Crippen MR) is 33.2 cm³/mol. The van der Waals surface area contributed by atoms with Crippen LogP contribution >= 0.6 is 11.9 Å². The van der Waals surface area contributed by atoms with Gasteiger partial charge in [0.15, 0.2) is 0 Å². The van der Waals surface area contributed by atoms with E-state index in [0.717, 1.165) is 0 Å². The molecule has 0 aliphatic carbocycles. The van der Waals surface area contributed by atoms with Crippen molar-refractivity contribution in [1.29, 1.82) is 0 Å². The van der Waals surface area contributed by atoms with Crippen molar-refractivity contribution in [3.05, 3.63) is 0 Å². The molecule has 1 N–H and O–H groups in total. The number of nitrogens with one attached hydrogen (secondary N) is 1. The number of alkyl halides is 3. The van der Waals surface area contributed by atoms with E-state index in [1.807, 2.05) is 0 Å². The predicted octanol–water partition coefficient (Wildman–Crippen LogP) is 1.61. The zero-order valence-electron chi connectivity index (χ0n) is 5.57. The summed E-state index contributed by atoms with van der Waals surface area (Å²) >= 11 is -0.616. The van der Waals surface area contributed by atoms with Crippen LogP contribution in [0.4, 0.5) is 13.2 Å². The second kappa shape index (κ2) is 4.45. The van der Waals surface area contributed by atoms with Gasteiger partial charge in [-0.05, 0) is 0 Å². The summed E-state index contributed by atoms with van der Waals surface area (Å²) in [5, 5.41) is 0. The third-order valence-electron chi connectivity index (χ3n) is 0.602. The topological polar surface area (TPSA) is 38.3 Å². The molecular formula is C4H6F3NO2S. The Hall–Kier alpha value is -0.430. The van der Waals surface area contributed by atoms with E-state index in [1.165, 1.54) is 11.8 Å². The number of carbonyl (C=O) groups is 1. The van der Waals surface area contributed by atoms with Crippen LogP contribution in [-0.4, -0.2) is 11.5 Å². The molecule has 0 radical (unpaired) electrons. The number of halogens is 3. The fraction of sp³-hybridized carbons (Fsp3) is 0.750. The van der Waals surface area contributed by atoms with Gasteiger partial charge in [0.1, 0.15) is 0 Å². The first-order valence-corrected chi connectivity index (χ1v) is 3.46. The molecule has 0 rings (SSSR count). The number of hydrogen-bond acceptors (Lipinski definition) is 4. The van der Waals surface area contributed by atoms with Crippen LogP contribution in [0.15, 0.2) is 0 Å². The quantitative estimate of drug-likeness (QED) is 0.540. The summed E-state index contributed by atoms with van der Waals surface area (Å²) in [6.07, 6.45) is 0.0332. The fourth-order valence-corrected chi connectivity index (χ4v) is 0.416. The van der Waals surface area contributed by atoms with Crippen LogP contribution in [0.25, 0.3) is 0 Å². The van der Waals surface area contributed by atoms with Crippen molar-refractivity contribution in [1.82, 2.24) is 4.89 Å². The van der Waals surface area contributed by atoms with Crippen LogP contribution in [0, 0.1) is 0 Å². The first-order valence-electron chi connectivity index (χ1n) is 2.65. The molecule has 0 aromatic carbocycles. The summed E-state index contributed by atoms with van der Waals surface area (Å²) in [4.78, 5) is 15.6. The van der Waals surface area contributed by atoms with Crippen molar-refractivity contribution in [3.8, 4) is 0 Å². The van der Waals surface area contributed by atoms with E-state index in [4.69, 9.17) is 0 Å². The molecular weight excluding hydrogens is 183 g/mol. The van der Waals surface area contributed by atoms with Gasteiger partial charge in [0.2, 0.25) is 0 Å². The Kier molecular flexibility index (Phi) is 4.27. The second-order valence-corrected chi connectivity index (χ2v) is 2.29. The Balaban J connectivity index is 3.35. The summed E-state index contributed by atoms with van der Waals surface area (Å²) in [7, 11) is 0. The van der Waals surface area contributed by atoms with Crippen molar-refractivity contribution in [2.24, 2.45) is 0 Å². The van der Waals surface area contributed by atoms with Gasteiger partial charge in [0.25, 0.3) is 0 Å². The summed E-state index contributed by atoms with van der Waals surface area (Å²) in [5.74, 6) is -0.734. The highest BCUT2D eigenvalue weighted by Gasteiger charge is 2.29. The molecule has 0 aromatic rings. The maximum absolute atomic E-state index is 11.3. The normalized spacial score (nSPS) is 11.3. The minimum absolute atomic E-state index is 0.0332. The minimum Gasteiger partial charge on any atom is -0.360 e. The first-order chi connectivity index (χ1) is 4.95. The van der Waals surface area contributed by atoms with E-state index in [2.05, 4.69) is 4.84 Å². The third kappa shape index (κ3) is 7.47. The molecule has 0 aliphatic heterocycles. The van der Waals surface area contributed by atoms with E-state index in [-0.39, 0.29) is 6.42 Å². The van der Waals surface area contributed by atoms with Gasteiger partial charge < -0.3 is 4.84 Å². The van der Waals surface area contributed by atoms with Crippen LogP contribution in [0.3, 0.4) is 0 Å². The number of carbonyl (C=O) groups excluding carboxylic acids is 1. The van der Waals surface area contributed by atoms with Gasteiger partial charge in [-0.2, -0.15) is 13.2 Å². The van der Waals surface area contributed by atoms with E-state index >= 15 is 0 Å². The van der Waals surface area contributed by atoms with Crippen LogP contribution in [0.2, 0.25) is 0 Å². The Bertz CT molecular complexity index is 138. The molecule has 0 amide bonds. The zero-order chi connectivity index (χ0) is 8.91. The molecule has 3 nitrogen and oxygen atoms in total.